The van der Waals surface area contributed by atoms with Crippen molar-refractivity contribution in [3.8, 4) is 5.75 Å². The van der Waals surface area contributed by atoms with E-state index in [2.05, 4.69) is 15.6 Å². The van der Waals surface area contributed by atoms with Gasteiger partial charge in [-0.1, -0.05) is 12.1 Å². The van der Waals surface area contributed by atoms with Gasteiger partial charge in [-0.2, -0.15) is 0 Å². The average molecular weight is 261 g/mol. The number of nitrogens with one attached hydrogen (secondary N) is 2. The maximum absolute atomic E-state index is 11.7. The number of rotatable bonds is 3. The van der Waals surface area contributed by atoms with Crippen LogP contribution in [0.4, 0.5) is 0 Å². The number of hydrogen-bond acceptors (Lipinski definition) is 4. The lowest BCUT2D eigenvalue weighted by Crippen LogP contribution is -2.26. The molecule has 0 spiro atoms. The molecule has 1 unspecified atom stereocenters. The van der Waals surface area contributed by atoms with Crippen molar-refractivity contribution in [3.05, 3.63) is 35.5 Å². The Morgan fingerprint density at radius 3 is 2.63 bits per heavy atom. The lowest BCUT2D eigenvalue weighted by atomic mass is 10.2. The highest BCUT2D eigenvalue weighted by molar-refractivity contribution is 6.15. The third-order valence-corrected chi connectivity index (χ3v) is 2.45. The van der Waals surface area contributed by atoms with E-state index in [0.29, 0.717) is 11.7 Å². The van der Waals surface area contributed by atoms with Crippen molar-refractivity contribution in [2.75, 3.05) is 6.54 Å². The van der Waals surface area contributed by atoms with Crippen LogP contribution in [0, 0.1) is 0 Å². The van der Waals surface area contributed by atoms with Gasteiger partial charge in [-0.15, -0.1) is 0 Å². The minimum atomic E-state index is -0.559. The van der Waals surface area contributed by atoms with E-state index in [1.165, 1.54) is 0 Å². The number of benzene rings is 1. The number of guanidine groups is 1. The maximum Gasteiger partial charge on any atom is 0.274 e. The van der Waals surface area contributed by atoms with Crippen LogP contribution in [0.2, 0.25) is 0 Å². The topological polar surface area (TPSA) is 94.0 Å². The number of aliphatic hydroxyl groups is 1. The van der Waals surface area contributed by atoms with Gasteiger partial charge in [0.25, 0.3) is 5.91 Å². The molecular formula is C13H15N3O3. The number of phenols is 1. The summed E-state index contributed by atoms with van der Waals surface area (Å²) in [6.45, 7) is 1.84. The van der Waals surface area contributed by atoms with Gasteiger partial charge >= 0.3 is 0 Å². The normalized spacial score (nSPS) is 20.4. The second kappa shape index (κ2) is 5.53. The summed E-state index contributed by atoms with van der Waals surface area (Å²) in [4.78, 5) is 15.7. The minimum absolute atomic E-state index is 0.171. The Labute approximate surface area is 110 Å². The molecule has 0 aliphatic carbocycles. The molecule has 0 saturated carbocycles. The fourth-order valence-electron chi connectivity index (χ4n) is 1.53. The van der Waals surface area contributed by atoms with E-state index >= 15 is 0 Å². The molecule has 1 atom stereocenters. The predicted octanol–water partition coefficient (Wildman–Crippen LogP) is 0.189. The summed E-state index contributed by atoms with van der Waals surface area (Å²) in [7, 11) is 0. The Kier molecular flexibility index (Phi) is 3.82. The molecule has 2 rings (SSSR count). The van der Waals surface area contributed by atoms with Gasteiger partial charge < -0.3 is 15.5 Å². The Balaban J connectivity index is 2.11. The van der Waals surface area contributed by atoms with Crippen molar-refractivity contribution in [1.82, 2.24) is 10.6 Å². The third-order valence-electron chi connectivity index (χ3n) is 2.45. The largest absolute Gasteiger partial charge is 0.508 e. The molecule has 1 amide bonds. The number of aliphatic imine (C=N–C) groups is 1. The van der Waals surface area contributed by atoms with Crippen molar-refractivity contribution in [3.63, 3.8) is 0 Å². The first kappa shape index (κ1) is 13.1. The molecule has 1 aliphatic heterocycles. The van der Waals surface area contributed by atoms with E-state index in [1.54, 1.807) is 37.3 Å². The molecule has 0 bridgehead atoms. The molecule has 1 aromatic rings. The monoisotopic (exact) mass is 261 g/mol. The van der Waals surface area contributed by atoms with E-state index in [9.17, 15) is 9.90 Å². The number of amides is 1. The molecule has 100 valence electrons. The molecule has 6 heteroatoms. The summed E-state index contributed by atoms with van der Waals surface area (Å²) in [6.07, 6.45) is 1.09. The number of nitrogens with zero attached hydrogens (tertiary/aromatic N) is 1. The van der Waals surface area contributed by atoms with Gasteiger partial charge in [-0.25, -0.2) is 4.99 Å². The second-order valence-corrected chi connectivity index (χ2v) is 4.27. The van der Waals surface area contributed by atoms with Gasteiger partial charge in [-0.05, 0) is 30.7 Å². The van der Waals surface area contributed by atoms with Crippen LogP contribution in [0.5, 0.6) is 5.75 Å². The molecule has 1 heterocycles. The Morgan fingerprint density at radius 2 is 2.00 bits per heavy atom. The highest BCUT2D eigenvalue weighted by atomic mass is 16.3. The molecule has 6 nitrogen and oxygen atoms in total. The first-order valence-electron chi connectivity index (χ1n) is 5.86. The lowest BCUT2D eigenvalue weighted by Gasteiger charge is -2.00. The highest BCUT2D eigenvalue weighted by Gasteiger charge is 2.21. The van der Waals surface area contributed by atoms with Crippen LogP contribution in [-0.2, 0) is 4.79 Å². The molecule has 1 saturated heterocycles. The smallest absolute Gasteiger partial charge is 0.274 e. The zero-order valence-corrected chi connectivity index (χ0v) is 10.4. The van der Waals surface area contributed by atoms with E-state index in [1.807, 2.05) is 0 Å². The Bertz CT molecular complexity index is 533. The predicted molar refractivity (Wildman–Crippen MR) is 71.3 cm³/mol. The van der Waals surface area contributed by atoms with Crippen LogP contribution in [0.25, 0.3) is 6.08 Å². The van der Waals surface area contributed by atoms with E-state index in [4.69, 9.17) is 5.11 Å². The summed E-state index contributed by atoms with van der Waals surface area (Å²) in [5.74, 6) is 0.221. The van der Waals surface area contributed by atoms with Crippen LogP contribution in [-0.4, -0.2) is 34.7 Å². The summed E-state index contributed by atoms with van der Waals surface area (Å²) in [6, 6.07) is 6.48. The highest BCUT2D eigenvalue weighted by Crippen LogP contribution is 2.13. The SMILES string of the molecule is CC(O)CN=C1NC(=O)/C(=C/c2ccc(O)cc2)N1. The van der Waals surface area contributed by atoms with Crippen molar-refractivity contribution in [1.29, 1.82) is 0 Å². The molecule has 1 aromatic carbocycles. The number of aromatic hydroxyl groups is 1. The van der Waals surface area contributed by atoms with Gasteiger partial charge in [0.1, 0.15) is 11.4 Å². The van der Waals surface area contributed by atoms with E-state index in [0.717, 1.165) is 5.56 Å². The molecule has 19 heavy (non-hydrogen) atoms. The number of phenolic OH excluding ortho intramolecular Hbond substituents is 1. The lowest BCUT2D eigenvalue weighted by molar-refractivity contribution is -0.115. The fourth-order valence-corrected chi connectivity index (χ4v) is 1.53. The Hall–Kier alpha value is -2.34. The molecule has 1 aliphatic rings. The van der Waals surface area contributed by atoms with Crippen LogP contribution >= 0.6 is 0 Å². The maximum atomic E-state index is 11.7. The number of aliphatic hydroxyl groups excluding tert-OH is 1. The van der Waals surface area contributed by atoms with Crippen LogP contribution in [0.15, 0.2) is 35.0 Å². The molecule has 0 radical (unpaired) electrons. The molecule has 1 fully saturated rings. The van der Waals surface area contributed by atoms with E-state index in [-0.39, 0.29) is 18.2 Å². The van der Waals surface area contributed by atoms with Crippen molar-refractivity contribution < 1.29 is 15.0 Å². The summed E-state index contributed by atoms with van der Waals surface area (Å²) in [5.41, 5.74) is 1.15. The summed E-state index contributed by atoms with van der Waals surface area (Å²) in [5, 5.41) is 23.7. The number of carbonyl (C=O) groups excluding carboxylic acids is 1. The van der Waals surface area contributed by atoms with Gasteiger partial charge in [0.2, 0.25) is 5.96 Å². The summed E-state index contributed by atoms with van der Waals surface area (Å²) < 4.78 is 0. The fraction of sp³-hybridized carbons (Fsp3) is 0.231. The van der Waals surface area contributed by atoms with Crippen LogP contribution in [0.1, 0.15) is 12.5 Å². The van der Waals surface area contributed by atoms with Crippen LogP contribution in [0.3, 0.4) is 0 Å². The van der Waals surface area contributed by atoms with Crippen molar-refractivity contribution in [2.45, 2.75) is 13.0 Å². The quantitative estimate of drug-likeness (QED) is 0.584. The average Bonchev–Trinajstić information content (AvgIpc) is 2.71. The minimum Gasteiger partial charge on any atom is -0.508 e. The van der Waals surface area contributed by atoms with E-state index < -0.39 is 6.10 Å². The van der Waals surface area contributed by atoms with Gasteiger partial charge in [0.05, 0.1) is 12.6 Å². The Morgan fingerprint density at radius 1 is 1.32 bits per heavy atom. The number of hydrogen-bond donors (Lipinski definition) is 4. The first-order valence-corrected chi connectivity index (χ1v) is 5.86. The molecule has 0 aromatic heterocycles. The standard InChI is InChI=1S/C13H15N3O3/c1-8(17)7-14-13-15-11(12(19)16-13)6-9-2-4-10(18)5-3-9/h2-6,8,17-18H,7H2,1H3,(H2,14,15,16,19)/b11-6-. The van der Waals surface area contributed by atoms with Crippen molar-refractivity contribution in [2.24, 2.45) is 4.99 Å². The van der Waals surface area contributed by atoms with Crippen LogP contribution < -0.4 is 10.6 Å². The zero-order valence-electron chi connectivity index (χ0n) is 10.4. The third kappa shape index (κ3) is 3.56. The summed E-state index contributed by atoms with van der Waals surface area (Å²) >= 11 is 0. The first-order chi connectivity index (χ1) is 9.04. The zero-order chi connectivity index (χ0) is 13.8. The second-order valence-electron chi connectivity index (χ2n) is 4.27. The van der Waals surface area contributed by atoms with Gasteiger partial charge in [-0.3, -0.25) is 10.1 Å². The molecule has 4 N–H and O–H groups in total. The van der Waals surface area contributed by atoms with Gasteiger partial charge in [0, 0.05) is 0 Å². The molecular weight excluding hydrogens is 246 g/mol. The number of carbonyl (C=O) groups is 1. The van der Waals surface area contributed by atoms with Gasteiger partial charge in [0.15, 0.2) is 0 Å². The van der Waals surface area contributed by atoms with Crippen molar-refractivity contribution >= 4 is 17.9 Å².